The summed E-state index contributed by atoms with van der Waals surface area (Å²) in [5, 5.41) is 19.2. The Hall–Kier alpha value is -0.850. The summed E-state index contributed by atoms with van der Waals surface area (Å²) in [7, 11) is 1.78. The maximum atomic E-state index is 11.9. The van der Waals surface area contributed by atoms with Crippen LogP contribution in [0.4, 0.5) is 4.79 Å². The van der Waals surface area contributed by atoms with E-state index < -0.39 is 11.4 Å². The highest BCUT2D eigenvalue weighted by Crippen LogP contribution is 2.35. The summed E-state index contributed by atoms with van der Waals surface area (Å²) in [6.45, 7) is 10.2. The molecule has 0 atom stereocenters. The first-order valence-corrected chi connectivity index (χ1v) is 8.24. The lowest BCUT2D eigenvalue weighted by molar-refractivity contribution is -0.980. The smallest absolute Gasteiger partial charge is 0.410 e. The van der Waals surface area contributed by atoms with Crippen molar-refractivity contribution >= 4 is 6.09 Å². The van der Waals surface area contributed by atoms with Gasteiger partial charge in [0.05, 0.1) is 44.9 Å². The number of ether oxygens (including phenoxy) is 1. The monoisotopic (exact) mass is 315 g/mol. The molecule has 22 heavy (non-hydrogen) atoms. The minimum atomic E-state index is -1.45. The van der Waals surface area contributed by atoms with E-state index in [1.165, 1.54) is 0 Å². The zero-order valence-electron chi connectivity index (χ0n) is 14.3. The van der Waals surface area contributed by atoms with Crippen molar-refractivity contribution in [2.45, 2.75) is 51.4 Å². The Balaban J connectivity index is 1.67. The molecule has 0 unspecified atom stereocenters. The summed E-state index contributed by atoms with van der Waals surface area (Å²) in [5.41, 5.74) is -0.452. The lowest BCUT2D eigenvalue weighted by atomic mass is 9.87. The van der Waals surface area contributed by atoms with Gasteiger partial charge >= 0.3 is 6.09 Å². The Kier molecular flexibility index (Phi) is 4.76. The molecule has 2 fully saturated rings. The van der Waals surface area contributed by atoms with E-state index >= 15 is 0 Å². The summed E-state index contributed by atoms with van der Waals surface area (Å²) in [6.07, 6.45) is 1.66. The van der Waals surface area contributed by atoms with Gasteiger partial charge in [0.2, 0.25) is 0 Å². The fourth-order valence-corrected chi connectivity index (χ4v) is 3.47. The molecule has 0 bridgehead atoms. The van der Waals surface area contributed by atoms with Crippen LogP contribution < -0.4 is 0 Å². The van der Waals surface area contributed by atoms with E-state index in [0.717, 1.165) is 37.1 Å². The van der Waals surface area contributed by atoms with Crippen molar-refractivity contribution in [2.75, 3.05) is 39.8 Å². The van der Waals surface area contributed by atoms with Crippen LogP contribution >= 0.6 is 0 Å². The summed E-state index contributed by atoms with van der Waals surface area (Å²) >= 11 is 0. The maximum Gasteiger partial charge on any atom is 0.410 e. The Bertz CT molecular complexity index is 399. The second kappa shape index (κ2) is 5.98. The molecule has 2 saturated heterocycles. The quantitative estimate of drug-likeness (QED) is 0.606. The number of rotatable bonds is 3. The normalized spacial score (nSPS) is 23.9. The van der Waals surface area contributed by atoms with Crippen LogP contribution in [0.5, 0.6) is 0 Å². The van der Waals surface area contributed by atoms with Crippen LogP contribution in [0.25, 0.3) is 0 Å². The van der Waals surface area contributed by atoms with E-state index in [1.807, 2.05) is 20.8 Å². The molecule has 2 rings (SSSR count). The molecule has 6 heteroatoms. The summed E-state index contributed by atoms with van der Waals surface area (Å²) in [5.74, 6) is -0.833. The fraction of sp³-hybridized carbons (Fsp3) is 0.938. The van der Waals surface area contributed by atoms with Crippen LogP contribution in [0.15, 0.2) is 0 Å². The first-order valence-electron chi connectivity index (χ1n) is 8.24. The molecule has 6 nitrogen and oxygen atoms in total. The van der Waals surface area contributed by atoms with E-state index in [1.54, 1.807) is 11.9 Å². The van der Waals surface area contributed by atoms with Gasteiger partial charge in [-0.1, -0.05) is 0 Å². The molecule has 2 heterocycles. The Morgan fingerprint density at radius 3 is 2.32 bits per heavy atom. The van der Waals surface area contributed by atoms with Crippen molar-refractivity contribution in [3.8, 4) is 0 Å². The Labute approximate surface area is 133 Å². The first kappa shape index (κ1) is 17.5. The number of amides is 1. The van der Waals surface area contributed by atoms with E-state index in [0.29, 0.717) is 25.3 Å². The lowest BCUT2D eigenvalue weighted by Crippen LogP contribution is -2.68. The third-order valence-electron chi connectivity index (χ3n) is 4.84. The van der Waals surface area contributed by atoms with E-state index in [2.05, 4.69) is 0 Å². The van der Waals surface area contributed by atoms with E-state index in [-0.39, 0.29) is 6.09 Å². The van der Waals surface area contributed by atoms with Gasteiger partial charge in [0.15, 0.2) is 5.79 Å². The molecular weight excluding hydrogens is 284 g/mol. The molecule has 1 amide bonds. The SMILES string of the molecule is CN(CCC1C[N+]2(CCC(O)(O)CC2)C1)C(=O)OC(C)(C)C. The number of quaternary nitrogens is 1. The van der Waals surface area contributed by atoms with Crippen LogP contribution in [0, 0.1) is 5.92 Å². The predicted molar refractivity (Wildman–Crippen MR) is 83.1 cm³/mol. The minimum absolute atomic E-state index is 0.265. The third kappa shape index (κ3) is 4.57. The fourth-order valence-electron chi connectivity index (χ4n) is 3.47. The van der Waals surface area contributed by atoms with Crippen molar-refractivity contribution < 1.29 is 24.2 Å². The number of hydrogen-bond donors (Lipinski definition) is 2. The minimum Gasteiger partial charge on any atom is -0.444 e. The van der Waals surface area contributed by atoms with Gasteiger partial charge < -0.3 is 24.3 Å². The van der Waals surface area contributed by atoms with Crippen molar-refractivity contribution in [2.24, 2.45) is 5.92 Å². The molecule has 2 N–H and O–H groups in total. The predicted octanol–water partition coefficient (Wildman–Crippen LogP) is 1.16. The van der Waals surface area contributed by atoms with E-state index in [4.69, 9.17) is 4.74 Å². The molecule has 0 aromatic heterocycles. The summed E-state index contributed by atoms with van der Waals surface area (Å²) in [4.78, 5) is 13.5. The van der Waals surface area contributed by atoms with Gasteiger partial charge in [-0.15, -0.1) is 0 Å². The summed E-state index contributed by atoms with van der Waals surface area (Å²) < 4.78 is 6.36. The zero-order valence-corrected chi connectivity index (χ0v) is 14.3. The Morgan fingerprint density at radius 1 is 1.27 bits per heavy atom. The molecule has 0 aromatic carbocycles. The van der Waals surface area contributed by atoms with Gasteiger partial charge in [0.1, 0.15) is 5.60 Å². The van der Waals surface area contributed by atoms with Gasteiger partial charge in [-0.2, -0.15) is 0 Å². The van der Waals surface area contributed by atoms with Crippen LogP contribution in [0.1, 0.15) is 40.0 Å². The van der Waals surface area contributed by atoms with Crippen LogP contribution in [0.2, 0.25) is 0 Å². The second-order valence-electron chi connectivity index (χ2n) is 8.19. The maximum absolute atomic E-state index is 11.9. The third-order valence-corrected chi connectivity index (χ3v) is 4.84. The topological polar surface area (TPSA) is 70.0 Å². The van der Waals surface area contributed by atoms with Crippen LogP contribution in [0.3, 0.4) is 0 Å². The highest BCUT2D eigenvalue weighted by Gasteiger charge is 2.48. The molecule has 2 aliphatic heterocycles. The standard InChI is InChI=1S/C16H31N2O4/c1-15(2,3)22-14(19)17(4)8-5-13-11-18(12-13)9-6-16(20,21)7-10-18/h13,20-21H,5-12H2,1-4H3/q+1. The first-order chi connectivity index (χ1) is 10.0. The van der Waals surface area contributed by atoms with Crippen molar-refractivity contribution in [3.63, 3.8) is 0 Å². The van der Waals surface area contributed by atoms with Gasteiger partial charge in [-0.05, 0) is 27.2 Å². The lowest BCUT2D eigenvalue weighted by Gasteiger charge is -2.54. The molecule has 0 aliphatic carbocycles. The van der Waals surface area contributed by atoms with Gasteiger partial charge in [-0.3, -0.25) is 0 Å². The molecule has 0 radical (unpaired) electrons. The highest BCUT2D eigenvalue weighted by atomic mass is 16.6. The molecular formula is C16H31N2O4+. The molecule has 0 saturated carbocycles. The van der Waals surface area contributed by atoms with Crippen molar-refractivity contribution in [1.82, 2.24) is 4.90 Å². The van der Waals surface area contributed by atoms with Gasteiger partial charge in [0, 0.05) is 13.6 Å². The van der Waals surface area contributed by atoms with E-state index in [9.17, 15) is 15.0 Å². The number of nitrogens with zero attached hydrogens (tertiary/aromatic N) is 2. The average molecular weight is 315 g/mol. The van der Waals surface area contributed by atoms with Crippen LogP contribution in [-0.4, -0.2) is 76.8 Å². The number of aliphatic hydroxyl groups is 2. The number of hydrogen-bond acceptors (Lipinski definition) is 4. The second-order valence-corrected chi connectivity index (χ2v) is 8.19. The van der Waals surface area contributed by atoms with Crippen molar-refractivity contribution in [3.05, 3.63) is 0 Å². The molecule has 128 valence electrons. The number of piperidine rings is 1. The number of carbonyl (C=O) groups is 1. The van der Waals surface area contributed by atoms with Crippen LogP contribution in [-0.2, 0) is 4.74 Å². The van der Waals surface area contributed by atoms with Crippen molar-refractivity contribution in [1.29, 1.82) is 0 Å². The molecule has 0 aromatic rings. The number of carbonyl (C=O) groups excluding carboxylic acids is 1. The Morgan fingerprint density at radius 2 is 1.82 bits per heavy atom. The largest absolute Gasteiger partial charge is 0.444 e. The molecule has 2 aliphatic rings. The van der Waals surface area contributed by atoms with Gasteiger partial charge in [-0.25, -0.2) is 4.79 Å². The average Bonchev–Trinajstić information content (AvgIpc) is 2.33. The molecule has 1 spiro atoms. The summed E-state index contributed by atoms with van der Waals surface area (Å²) in [6, 6.07) is 0. The highest BCUT2D eigenvalue weighted by molar-refractivity contribution is 5.67. The zero-order chi connectivity index (χ0) is 16.6. The van der Waals surface area contributed by atoms with Gasteiger partial charge in [0.25, 0.3) is 0 Å².